The first-order valence-corrected chi connectivity index (χ1v) is 8.50. The van der Waals surface area contributed by atoms with E-state index >= 15 is 0 Å². The van der Waals surface area contributed by atoms with E-state index in [4.69, 9.17) is 0 Å². The summed E-state index contributed by atoms with van der Waals surface area (Å²) in [6, 6.07) is 17.8. The highest BCUT2D eigenvalue weighted by Crippen LogP contribution is 2.21. The molecule has 0 radical (unpaired) electrons. The van der Waals surface area contributed by atoms with Crippen LogP contribution in [-0.2, 0) is 4.79 Å². The third-order valence-corrected chi connectivity index (χ3v) is 4.37. The number of rotatable bonds is 4. The molecule has 0 unspecified atom stereocenters. The normalized spacial score (nSPS) is 11.8. The molecule has 1 heterocycles. The highest BCUT2D eigenvalue weighted by atomic mass is 16.2. The molecule has 0 spiro atoms. The molecule has 0 fully saturated rings. The first-order valence-electron chi connectivity index (χ1n) is 8.50. The summed E-state index contributed by atoms with van der Waals surface area (Å²) in [6.07, 6.45) is 0. The average molecular weight is 347 g/mol. The molecule has 0 saturated carbocycles. The number of hydrogen-bond donors (Lipinski definition) is 1. The summed E-state index contributed by atoms with van der Waals surface area (Å²) in [5, 5.41) is 7.32. The summed E-state index contributed by atoms with van der Waals surface area (Å²) in [6.45, 7) is 5.55. The zero-order valence-corrected chi connectivity index (χ0v) is 15.1. The minimum absolute atomic E-state index is 0.276. The van der Waals surface area contributed by atoms with Gasteiger partial charge in [-0.25, -0.2) is 4.68 Å². The molecule has 132 valence electrons. The van der Waals surface area contributed by atoms with Crippen LogP contribution < -0.4 is 10.9 Å². The Morgan fingerprint density at radius 1 is 0.962 bits per heavy atom. The van der Waals surface area contributed by atoms with Crippen LogP contribution in [0.1, 0.15) is 24.1 Å². The molecule has 1 atom stereocenters. The quantitative estimate of drug-likeness (QED) is 0.782. The van der Waals surface area contributed by atoms with E-state index in [9.17, 15) is 9.59 Å². The lowest BCUT2D eigenvalue weighted by Crippen LogP contribution is -2.33. The van der Waals surface area contributed by atoms with Gasteiger partial charge in [0, 0.05) is 17.3 Å². The van der Waals surface area contributed by atoms with Crippen LogP contribution in [0.25, 0.3) is 11.3 Å². The fourth-order valence-electron chi connectivity index (χ4n) is 2.82. The zero-order chi connectivity index (χ0) is 18.7. The van der Waals surface area contributed by atoms with E-state index in [1.807, 2.05) is 62.4 Å². The first-order chi connectivity index (χ1) is 12.5. The lowest BCUT2D eigenvalue weighted by molar-refractivity contribution is -0.119. The van der Waals surface area contributed by atoms with E-state index < -0.39 is 6.04 Å². The molecule has 1 amide bonds. The van der Waals surface area contributed by atoms with Gasteiger partial charge in [0.05, 0.1) is 5.69 Å². The Labute approximate surface area is 152 Å². The molecule has 3 rings (SSSR count). The summed E-state index contributed by atoms with van der Waals surface area (Å²) in [4.78, 5) is 25.0. The Bertz CT molecular complexity index is 973. The van der Waals surface area contributed by atoms with Gasteiger partial charge in [0.2, 0.25) is 5.91 Å². The van der Waals surface area contributed by atoms with E-state index in [0.29, 0.717) is 5.69 Å². The number of benzene rings is 2. The van der Waals surface area contributed by atoms with E-state index in [2.05, 4.69) is 10.4 Å². The topological polar surface area (TPSA) is 64.0 Å². The highest BCUT2D eigenvalue weighted by molar-refractivity contribution is 5.94. The number of amides is 1. The molecule has 26 heavy (non-hydrogen) atoms. The van der Waals surface area contributed by atoms with Gasteiger partial charge in [-0.2, -0.15) is 5.10 Å². The van der Waals surface area contributed by atoms with Crippen LogP contribution >= 0.6 is 0 Å². The Hall–Kier alpha value is -3.21. The van der Waals surface area contributed by atoms with E-state index in [-0.39, 0.29) is 11.5 Å². The molecule has 0 aliphatic rings. The maximum atomic E-state index is 12.7. The van der Waals surface area contributed by atoms with Crippen LogP contribution in [0.3, 0.4) is 0 Å². The maximum Gasteiger partial charge on any atom is 0.267 e. The molecule has 5 nitrogen and oxygen atoms in total. The number of nitrogens with one attached hydrogen (secondary N) is 1. The van der Waals surface area contributed by atoms with Crippen LogP contribution in [0.4, 0.5) is 5.69 Å². The summed E-state index contributed by atoms with van der Waals surface area (Å²) >= 11 is 0. The first kappa shape index (κ1) is 17.6. The number of anilines is 1. The molecular weight excluding hydrogens is 326 g/mol. The monoisotopic (exact) mass is 347 g/mol. The predicted molar refractivity (Wildman–Crippen MR) is 103 cm³/mol. The van der Waals surface area contributed by atoms with E-state index in [1.54, 1.807) is 13.0 Å². The second-order valence-corrected chi connectivity index (χ2v) is 6.30. The summed E-state index contributed by atoms with van der Waals surface area (Å²) in [7, 11) is 0. The van der Waals surface area contributed by atoms with Crippen molar-refractivity contribution in [1.29, 1.82) is 0 Å². The van der Waals surface area contributed by atoms with Gasteiger partial charge < -0.3 is 5.32 Å². The summed E-state index contributed by atoms with van der Waals surface area (Å²) in [5.74, 6) is -0.276. The van der Waals surface area contributed by atoms with Gasteiger partial charge in [0.1, 0.15) is 6.04 Å². The molecule has 3 aromatic rings. The fourth-order valence-corrected chi connectivity index (χ4v) is 2.82. The smallest absolute Gasteiger partial charge is 0.267 e. The number of carbonyl (C=O) groups excluding carboxylic acids is 1. The van der Waals surface area contributed by atoms with Gasteiger partial charge >= 0.3 is 0 Å². The minimum atomic E-state index is -0.731. The van der Waals surface area contributed by atoms with Gasteiger partial charge in [0.25, 0.3) is 5.56 Å². The second kappa shape index (κ2) is 7.35. The standard InChI is InChI=1S/C21H21N3O2/c1-14-8-7-9-15(2)20(14)22-21(26)16(3)24-19(25)13-12-18(23-24)17-10-5-4-6-11-17/h4-13,16H,1-3H3,(H,22,26)/t16-/m0/s1. The Balaban J connectivity index is 1.91. The van der Waals surface area contributed by atoms with Crippen LogP contribution in [-0.4, -0.2) is 15.7 Å². The Kier molecular flexibility index (Phi) is 4.98. The van der Waals surface area contributed by atoms with Gasteiger partial charge in [0.15, 0.2) is 0 Å². The van der Waals surface area contributed by atoms with Crippen molar-refractivity contribution in [3.05, 3.63) is 82.1 Å². The fraction of sp³-hybridized carbons (Fsp3) is 0.190. The molecule has 0 bridgehead atoms. The summed E-state index contributed by atoms with van der Waals surface area (Å²) in [5.41, 5.74) is 3.96. The lowest BCUT2D eigenvalue weighted by Gasteiger charge is -2.17. The third kappa shape index (κ3) is 3.57. The number of para-hydroxylation sites is 1. The van der Waals surface area contributed by atoms with Crippen molar-refractivity contribution in [2.45, 2.75) is 26.8 Å². The molecule has 2 aromatic carbocycles. The minimum Gasteiger partial charge on any atom is -0.324 e. The van der Waals surface area contributed by atoms with E-state index in [0.717, 1.165) is 22.4 Å². The second-order valence-electron chi connectivity index (χ2n) is 6.30. The molecule has 1 N–H and O–H groups in total. The van der Waals surface area contributed by atoms with Crippen LogP contribution in [0.5, 0.6) is 0 Å². The van der Waals surface area contributed by atoms with Crippen molar-refractivity contribution in [2.24, 2.45) is 0 Å². The molecule has 0 aliphatic carbocycles. The third-order valence-electron chi connectivity index (χ3n) is 4.37. The van der Waals surface area contributed by atoms with Crippen LogP contribution in [0.15, 0.2) is 65.5 Å². The van der Waals surface area contributed by atoms with Crippen LogP contribution in [0.2, 0.25) is 0 Å². The molecule has 0 aliphatic heterocycles. The van der Waals surface area contributed by atoms with Gasteiger partial charge in [-0.15, -0.1) is 0 Å². The van der Waals surface area contributed by atoms with Crippen molar-refractivity contribution in [3.63, 3.8) is 0 Å². The molecule has 1 aromatic heterocycles. The van der Waals surface area contributed by atoms with Crippen molar-refractivity contribution >= 4 is 11.6 Å². The molecular formula is C21H21N3O2. The largest absolute Gasteiger partial charge is 0.324 e. The number of nitrogens with zero attached hydrogens (tertiary/aromatic N) is 2. The SMILES string of the molecule is Cc1cccc(C)c1NC(=O)[C@H](C)n1nc(-c2ccccc2)ccc1=O. The van der Waals surface area contributed by atoms with Gasteiger partial charge in [-0.05, 0) is 38.0 Å². The maximum absolute atomic E-state index is 12.7. The van der Waals surface area contributed by atoms with Crippen molar-refractivity contribution < 1.29 is 4.79 Å². The average Bonchev–Trinajstić information content (AvgIpc) is 2.65. The van der Waals surface area contributed by atoms with Crippen molar-refractivity contribution in [2.75, 3.05) is 5.32 Å². The van der Waals surface area contributed by atoms with Crippen molar-refractivity contribution in [1.82, 2.24) is 9.78 Å². The highest BCUT2D eigenvalue weighted by Gasteiger charge is 2.19. The number of aryl methyl sites for hydroxylation is 2. The van der Waals surface area contributed by atoms with Gasteiger partial charge in [-0.1, -0.05) is 48.5 Å². The Morgan fingerprint density at radius 2 is 1.62 bits per heavy atom. The van der Waals surface area contributed by atoms with Crippen molar-refractivity contribution in [3.8, 4) is 11.3 Å². The number of aromatic nitrogens is 2. The van der Waals surface area contributed by atoms with E-state index in [1.165, 1.54) is 10.7 Å². The number of hydrogen-bond acceptors (Lipinski definition) is 3. The lowest BCUT2D eigenvalue weighted by atomic mass is 10.1. The zero-order valence-electron chi connectivity index (χ0n) is 15.1. The predicted octanol–water partition coefficient (Wildman–Crippen LogP) is 3.73. The van der Waals surface area contributed by atoms with Crippen LogP contribution in [0, 0.1) is 13.8 Å². The molecule has 0 saturated heterocycles. The molecule has 5 heteroatoms. The Morgan fingerprint density at radius 3 is 2.27 bits per heavy atom. The number of carbonyl (C=O) groups is 1. The van der Waals surface area contributed by atoms with Gasteiger partial charge in [-0.3, -0.25) is 9.59 Å². The summed E-state index contributed by atoms with van der Waals surface area (Å²) < 4.78 is 1.23.